The van der Waals surface area contributed by atoms with Gasteiger partial charge in [0.05, 0.1) is 5.52 Å². The number of fused-ring (bicyclic) bond motifs is 1. The third-order valence-corrected chi connectivity index (χ3v) is 3.14. The van der Waals surface area contributed by atoms with E-state index in [9.17, 15) is 4.79 Å². The van der Waals surface area contributed by atoms with E-state index in [1.54, 1.807) is 6.20 Å². The topological polar surface area (TPSA) is 30.0 Å². The minimum absolute atomic E-state index is 0.603. The van der Waals surface area contributed by atoms with E-state index in [-0.39, 0.29) is 0 Å². The molecule has 0 radical (unpaired) electrons. The monoisotopic (exact) mass is 361 g/mol. The van der Waals surface area contributed by atoms with Gasteiger partial charge in [0.15, 0.2) is 6.29 Å². The summed E-state index contributed by atoms with van der Waals surface area (Å²) in [6.45, 7) is 0. The van der Waals surface area contributed by atoms with Gasteiger partial charge in [0.25, 0.3) is 0 Å². The molecule has 1 aromatic carbocycles. The van der Waals surface area contributed by atoms with E-state index in [0.717, 1.165) is 25.2 Å². The number of nitrogens with zero attached hydrogens (tertiary/aromatic N) is 1. The lowest BCUT2D eigenvalue weighted by Crippen LogP contribution is -1.87. The highest BCUT2D eigenvalue weighted by atomic mass is 127. The summed E-state index contributed by atoms with van der Waals surface area (Å²) in [6, 6.07) is 5.79. The van der Waals surface area contributed by atoms with Crippen LogP contribution in [0, 0.1) is 3.57 Å². The molecule has 0 bridgehead atoms. The molecule has 2 rings (SSSR count). The molecule has 0 saturated heterocycles. The lowest BCUT2D eigenvalue weighted by Gasteiger charge is -2.01. The summed E-state index contributed by atoms with van der Waals surface area (Å²) in [6.07, 6.45) is 2.39. The van der Waals surface area contributed by atoms with Crippen LogP contribution < -0.4 is 0 Å². The van der Waals surface area contributed by atoms with Crippen LogP contribution in [0.15, 0.2) is 28.9 Å². The number of carbonyl (C=O) groups is 1. The highest BCUT2D eigenvalue weighted by Gasteiger charge is 2.02. The molecule has 0 saturated carbocycles. The van der Waals surface area contributed by atoms with E-state index in [0.29, 0.717) is 5.56 Å². The van der Waals surface area contributed by atoms with Crippen LogP contribution in [0.5, 0.6) is 0 Å². The number of aromatic nitrogens is 1. The van der Waals surface area contributed by atoms with Crippen molar-refractivity contribution in [3.05, 3.63) is 38.0 Å². The minimum Gasteiger partial charge on any atom is -0.298 e. The van der Waals surface area contributed by atoms with E-state index in [1.165, 1.54) is 0 Å². The van der Waals surface area contributed by atoms with Crippen molar-refractivity contribution in [2.45, 2.75) is 0 Å². The van der Waals surface area contributed by atoms with Gasteiger partial charge in [0.1, 0.15) is 0 Å². The predicted octanol–water partition coefficient (Wildman–Crippen LogP) is 3.41. The van der Waals surface area contributed by atoms with Crippen LogP contribution in [0.25, 0.3) is 10.9 Å². The summed E-state index contributed by atoms with van der Waals surface area (Å²) >= 11 is 5.64. The maximum absolute atomic E-state index is 10.6. The average molecular weight is 362 g/mol. The first kappa shape index (κ1) is 10.0. The fraction of sp³-hybridized carbons (Fsp3) is 0. The fourth-order valence-corrected chi connectivity index (χ4v) is 2.94. The largest absolute Gasteiger partial charge is 0.298 e. The Balaban J connectivity index is 2.81. The van der Waals surface area contributed by atoms with Gasteiger partial charge in [-0.05, 0) is 40.8 Å². The molecule has 2 nitrogen and oxygen atoms in total. The Labute approximate surface area is 103 Å². The molecule has 0 spiro atoms. The van der Waals surface area contributed by atoms with Crippen molar-refractivity contribution < 1.29 is 4.79 Å². The maximum atomic E-state index is 10.6. The van der Waals surface area contributed by atoms with Gasteiger partial charge < -0.3 is 0 Å². The van der Waals surface area contributed by atoms with Crippen LogP contribution in [0.4, 0.5) is 0 Å². The van der Waals surface area contributed by atoms with E-state index in [1.807, 2.05) is 18.2 Å². The normalized spacial score (nSPS) is 10.4. The molecule has 1 aromatic heterocycles. The first-order chi connectivity index (χ1) is 6.70. The molecule has 4 heteroatoms. The number of hydrogen-bond donors (Lipinski definition) is 0. The second kappa shape index (κ2) is 3.94. The molecule has 0 unspecified atom stereocenters. The summed E-state index contributed by atoms with van der Waals surface area (Å²) in [4.78, 5) is 14.8. The van der Waals surface area contributed by atoms with Crippen molar-refractivity contribution >= 4 is 55.7 Å². The second-order valence-corrected chi connectivity index (χ2v) is 4.92. The number of pyridine rings is 1. The van der Waals surface area contributed by atoms with Crippen molar-refractivity contribution in [2.75, 3.05) is 0 Å². The molecule has 70 valence electrons. The SMILES string of the molecule is O=Cc1cnc2c(I)cc(Br)cc2c1. The molecule has 0 N–H and O–H groups in total. The smallest absolute Gasteiger partial charge is 0.151 e. The summed E-state index contributed by atoms with van der Waals surface area (Å²) in [5.41, 5.74) is 1.53. The van der Waals surface area contributed by atoms with Crippen LogP contribution in [0.3, 0.4) is 0 Å². The van der Waals surface area contributed by atoms with Crippen LogP contribution in [0.2, 0.25) is 0 Å². The number of benzene rings is 1. The Hall–Kier alpha value is -0.490. The molecular formula is C10H5BrINO. The lowest BCUT2D eigenvalue weighted by atomic mass is 10.2. The van der Waals surface area contributed by atoms with Gasteiger partial charge in [-0.15, -0.1) is 0 Å². The van der Waals surface area contributed by atoms with Crippen LogP contribution in [0.1, 0.15) is 10.4 Å². The predicted molar refractivity (Wildman–Crippen MR) is 67.5 cm³/mol. The van der Waals surface area contributed by atoms with E-state index < -0.39 is 0 Å². The summed E-state index contributed by atoms with van der Waals surface area (Å²) in [7, 11) is 0. The number of aldehydes is 1. The molecule has 0 amide bonds. The molecular weight excluding hydrogens is 357 g/mol. The van der Waals surface area contributed by atoms with Gasteiger partial charge in [-0.1, -0.05) is 15.9 Å². The molecule has 0 aliphatic heterocycles. The van der Waals surface area contributed by atoms with E-state index in [4.69, 9.17) is 0 Å². The quantitative estimate of drug-likeness (QED) is 0.575. The van der Waals surface area contributed by atoms with Crippen molar-refractivity contribution in [1.29, 1.82) is 0 Å². The zero-order chi connectivity index (χ0) is 10.1. The maximum Gasteiger partial charge on any atom is 0.151 e. The Kier molecular flexibility index (Phi) is 2.83. The number of rotatable bonds is 1. The zero-order valence-electron chi connectivity index (χ0n) is 7.00. The molecule has 2 aromatic rings. The summed E-state index contributed by atoms with van der Waals surface area (Å²) in [5.74, 6) is 0. The van der Waals surface area contributed by atoms with Gasteiger partial charge in [-0.25, -0.2) is 0 Å². The Bertz CT molecular complexity index is 513. The lowest BCUT2D eigenvalue weighted by molar-refractivity contribution is 0.112. The van der Waals surface area contributed by atoms with Crippen molar-refractivity contribution in [2.24, 2.45) is 0 Å². The zero-order valence-corrected chi connectivity index (χ0v) is 10.7. The van der Waals surface area contributed by atoms with Gasteiger partial charge in [0.2, 0.25) is 0 Å². The molecule has 1 heterocycles. The third-order valence-electron chi connectivity index (χ3n) is 1.86. The Morgan fingerprint density at radius 2 is 2.14 bits per heavy atom. The van der Waals surface area contributed by atoms with Crippen molar-refractivity contribution in [1.82, 2.24) is 4.98 Å². The Morgan fingerprint density at radius 3 is 2.86 bits per heavy atom. The second-order valence-electron chi connectivity index (χ2n) is 2.85. The molecule has 0 fully saturated rings. The molecule has 0 atom stereocenters. The first-order valence-corrected chi connectivity index (χ1v) is 5.78. The number of hydrogen-bond acceptors (Lipinski definition) is 2. The van der Waals surface area contributed by atoms with Crippen molar-refractivity contribution in [3.8, 4) is 0 Å². The fourth-order valence-electron chi connectivity index (χ4n) is 1.25. The first-order valence-electron chi connectivity index (χ1n) is 3.90. The Morgan fingerprint density at radius 1 is 1.36 bits per heavy atom. The van der Waals surface area contributed by atoms with Gasteiger partial charge >= 0.3 is 0 Å². The average Bonchev–Trinajstić information content (AvgIpc) is 2.16. The third kappa shape index (κ3) is 1.81. The molecule has 0 aliphatic carbocycles. The molecule has 0 aliphatic rings. The number of carbonyl (C=O) groups excluding carboxylic acids is 1. The summed E-state index contributed by atoms with van der Waals surface area (Å²) < 4.78 is 2.07. The van der Waals surface area contributed by atoms with Gasteiger partial charge in [-0.2, -0.15) is 0 Å². The van der Waals surface area contributed by atoms with Gasteiger partial charge in [0, 0.05) is 25.2 Å². The highest BCUT2D eigenvalue weighted by molar-refractivity contribution is 14.1. The highest BCUT2D eigenvalue weighted by Crippen LogP contribution is 2.24. The van der Waals surface area contributed by atoms with E-state index >= 15 is 0 Å². The number of halogens is 2. The van der Waals surface area contributed by atoms with E-state index in [2.05, 4.69) is 43.5 Å². The van der Waals surface area contributed by atoms with Crippen LogP contribution >= 0.6 is 38.5 Å². The van der Waals surface area contributed by atoms with Gasteiger partial charge in [-0.3, -0.25) is 9.78 Å². The standard InChI is InChI=1S/C10H5BrINO/c11-8-2-7-1-6(5-14)4-13-10(7)9(12)3-8/h1-5H. The van der Waals surface area contributed by atoms with Crippen LogP contribution in [-0.4, -0.2) is 11.3 Å². The van der Waals surface area contributed by atoms with Crippen LogP contribution in [-0.2, 0) is 0 Å². The van der Waals surface area contributed by atoms with Crippen molar-refractivity contribution in [3.63, 3.8) is 0 Å². The minimum atomic E-state index is 0.603. The summed E-state index contributed by atoms with van der Waals surface area (Å²) in [5, 5.41) is 0.980. The molecule has 14 heavy (non-hydrogen) atoms.